The zero-order valence-corrected chi connectivity index (χ0v) is 14.1. The summed E-state index contributed by atoms with van der Waals surface area (Å²) < 4.78 is 10.8. The highest BCUT2D eigenvalue weighted by atomic mass is 35.5. The Morgan fingerprint density at radius 3 is 2.74 bits per heavy atom. The Labute approximate surface area is 142 Å². The Hall–Kier alpha value is -2.19. The molecule has 0 unspecified atom stereocenters. The number of fused-ring (bicyclic) bond motifs is 1. The van der Waals surface area contributed by atoms with Gasteiger partial charge in [-0.2, -0.15) is 0 Å². The minimum absolute atomic E-state index is 0.656. The third kappa shape index (κ3) is 2.87. The van der Waals surface area contributed by atoms with E-state index < -0.39 is 0 Å². The summed E-state index contributed by atoms with van der Waals surface area (Å²) in [5.74, 6) is 1.44. The third-order valence-corrected chi connectivity index (χ3v) is 4.51. The molecule has 1 aliphatic carbocycles. The first kappa shape index (κ1) is 15.7. The van der Waals surface area contributed by atoms with Crippen LogP contribution in [0.1, 0.15) is 28.7 Å². The maximum absolute atomic E-state index is 6.47. The van der Waals surface area contributed by atoms with Crippen molar-refractivity contribution in [3.8, 4) is 5.75 Å². The Bertz CT molecular complexity index is 790. The summed E-state index contributed by atoms with van der Waals surface area (Å²) in [5.41, 5.74) is 5.50. The number of allylic oxidation sites excluding steroid dienone is 1. The van der Waals surface area contributed by atoms with Crippen molar-refractivity contribution in [2.75, 3.05) is 14.2 Å². The number of halogens is 1. The van der Waals surface area contributed by atoms with E-state index in [1.54, 1.807) is 14.2 Å². The molecule has 0 fully saturated rings. The van der Waals surface area contributed by atoms with Gasteiger partial charge >= 0.3 is 0 Å². The fourth-order valence-corrected chi connectivity index (χ4v) is 3.26. The number of ether oxygens (including phenoxy) is 2. The lowest BCUT2D eigenvalue weighted by Crippen LogP contribution is -2.04. The van der Waals surface area contributed by atoms with Crippen LogP contribution in [0.2, 0.25) is 5.02 Å². The molecule has 23 heavy (non-hydrogen) atoms. The van der Waals surface area contributed by atoms with Gasteiger partial charge in [0.2, 0.25) is 0 Å². The molecule has 0 amide bonds. The normalized spacial score (nSPS) is 13.1. The van der Waals surface area contributed by atoms with Crippen molar-refractivity contribution >= 4 is 22.9 Å². The van der Waals surface area contributed by atoms with Gasteiger partial charge in [-0.15, -0.1) is 0 Å². The van der Waals surface area contributed by atoms with E-state index in [1.165, 1.54) is 11.1 Å². The molecule has 2 aromatic rings. The lowest BCUT2D eigenvalue weighted by Gasteiger charge is -2.22. The lowest BCUT2D eigenvalue weighted by atomic mass is 9.85. The van der Waals surface area contributed by atoms with Crippen LogP contribution in [0.15, 0.2) is 49.1 Å². The first-order valence-electron chi connectivity index (χ1n) is 7.55. The topological polar surface area (TPSA) is 18.5 Å². The first-order valence-corrected chi connectivity index (χ1v) is 7.93. The van der Waals surface area contributed by atoms with Gasteiger partial charge in [-0.25, -0.2) is 0 Å². The molecule has 0 bridgehead atoms. The minimum Gasteiger partial charge on any atom is -0.497 e. The van der Waals surface area contributed by atoms with E-state index >= 15 is 0 Å². The highest BCUT2D eigenvalue weighted by molar-refractivity contribution is 6.33. The van der Waals surface area contributed by atoms with E-state index in [1.807, 2.05) is 18.2 Å². The van der Waals surface area contributed by atoms with Crippen LogP contribution in [0.4, 0.5) is 0 Å². The molecule has 3 rings (SSSR count). The molecule has 0 spiro atoms. The van der Waals surface area contributed by atoms with Crippen LogP contribution >= 0.6 is 11.6 Å². The number of hydrogen-bond donors (Lipinski definition) is 0. The maximum atomic E-state index is 6.47. The zero-order valence-electron chi connectivity index (χ0n) is 13.4. The van der Waals surface area contributed by atoms with Crippen LogP contribution in [-0.4, -0.2) is 14.2 Å². The number of methoxy groups -OCH3 is 2. The van der Waals surface area contributed by atoms with Gasteiger partial charge in [-0.05, 0) is 47.7 Å². The van der Waals surface area contributed by atoms with Crippen molar-refractivity contribution in [3.63, 3.8) is 0 Å². The second-order valence-corrected chi connectivity index (χ2v) is 5.88. The van der Waals surface area contributed by atoms with Crippen LogP contribution in [0.5, 0.6) is 5.75 Å². The summed E-state index contributed by atoms with van der Waals surface area (Å²) in [5, 5.41) is 0.694. The molecule has 2 nitrogen and oxygen atoms in total. The summed E-state index contributed by atoms with van der Waals surface area (Å²) in [6.45, 7) is 3.95. The molecule has 0 aromatic heterocycles. The van der Waals surface area contributed by atoms with E-state index in [0.717, 1.165) is 35.3 Å². The molecule has 1 aliphatic rings. The van der Waals surface area contributed by atoms with Crippen molar-refractivity contribution in [1.29, 1.82) is 0 Å². The molecule has 0 saturated heterocycles. The average molecular weight is 327 g/mol. The predicted octanol–water partition coefficient (Wildman–Crippen LogP) is 5.34. The fraction of sp³-hybridized carbons (Fsp3) is 0.200. The smallest absolute Gasteiger partial charge is 0.128 e. The van der Waals surface area contributed by atoms with Crippen molar-refractivity contribution in [1.82, 2.24) is 0 Å². The molecule has 118 valence electrons. The fourth-order valence-electron chi connectivity index (χ4n) is 2.99. The second-order valence-electron chi connectivity index (χ2n) is 5.47. The van der Waals surface area contributed by atoms with Gasteiger partial charge < -0.3 is 9.47 Å². The van der Waals surface area contributed by atoms with Gasteiger partial charge in [0.15, 0.2) is 0 Å². The highest BCUT2D eigenvalue weighted by Crippen LogP contribution is 2.40. The summed E-state index contributed by atoms with van der Waals surface area (Å²) in [7, 11) is 3.30. The van der Waals surface area contributed by atoms with E-state index in [9.17, 15) is 0 Å². The SMILES string of the molecule is C=C(OC)c1ccc2c(c1)C(c1c(Cl)cccc1OC)=CCC2. The molecular formula is C20H19ClO2. The van der Waals surface area contributed by atoms with Crippen LogP contribution in [-0.2, 0) is 11.2 Å². The summed E-state index contributed by atoms with van der Waals surface area (Å²) in [6.07, 6.45) is 4.23. The highest BCUT2D eigenvalue weighted by Gasteiger charge is 2.20. The first-order chi connectivity index (χ1) is 11.2. The van der Waals surface area contributed by atoms with Crippen molar-refractivity contribution in [2.24, 2.45) is 0 Å². The molecule has 0 saturated carbocycles. The molecule has 0 heterocycles. The van der Waals surface area contributed by atoms with Crippen molar-refractivity contribution in [3.05, 3.63) is 76.3 Å². The third-order valence-electron chi connectivity index (χ3n) is 4.20. The molecular weight excluding hydrogens is 308 g/mol. The summed E-state index contributed by atoms with van der Waals surface area (Å²) >= 11 is 6.47. The van der Waals surface area contributed by atoms with Gasteiger partial charge in [0, 0.05) is 11.1 Å². The zero-order chi connectivity index (χ0) is 16.4. The molecule has 2 aromatic carbocycles. The second kappa shape index (κ2) is 6.51. The van der Waals surface area contributed by atoms with Gasteiger partial charge in [0.1, 0.15) is 11.5 Å². The van der Waals surface area contributed by atoms with Crippen LogP contribution < -0.4 is 4.74 Å². The van der Waals surface area contributed by atoms with Crippen molar-refractivity contribution < 1.29 is 9.47 Å². The number of aryl methyl sites for hydroxylation is 1. The summed E-state index contributed by atoms with van der Waals surface area (Å²) in [6, 6.07) is 12.1. The average Bonchev–Trinajstić information content (AvgIpc) is 2.60. The molecule has 3 heteroatoms. The quantitative estimate of drug-likeness (QED) is 0.706. The molecule has 0 aliphatic heterocycles. The van der Waals surface area contributed by atoms with Gasteiger partial charge in [-0.1, -0.05) is 42.5 Å². The number of rotatable bonds is 4. The number of hydrogen-bond acceptors (Lipinski definition) is 2. The van der Waals surface area contributed by atoms with E-state index in [2.05, 4.69) is 30.9 Å². The van der Waals surface area contributed by atoms with Crippen molar-refractivity contribution in [2.45, 2.75) is 12.8 Å². The molecule has 0 radical (unpaired) electrons. The van der Waals surface area contributed by atoms with E-state index in [4.69, 9.17) is 21.1 Å². The lowest BCUT2D eigenvalue weighted by molar-refractivity contribution is 0.371. The number of benzene rings is 2. The monoisotopic (exact) mass is 326 g/mol. The minimum atomic E-state index is 0.656. The Morgan fingerprint density at radius 2 is 2.00 bits per heavy atom. The van der Waals surface area contributed by atoms with Gasteiger partial charge in [0.25, 0.3) is 0 Å². The Kier molecular flexibility index (Phi) is 4.44. The Balaban J connectivity index is 2.18. The Morgan fingerprint density at radius 1 is 1.17 bits per heavy atom. The largest absolute Gasteiger partial charge is 0.497 e. The molecule has 0 atom stereocenters. The van der Waals surface area contributed by atoms with Gasteiger partial charge in [0.05, 0.1) is 19.2 Å². The van der Waals surface area contributed by atoms with Crippen LogP contribution in [0.3, 0.4) is 0 Å². The standard InChI is InChI=1S/C20H19ClO2/c1-13(22-2)15-11-10-14-6-4-7-16(17(14)12-15)20-18(21)8-5-9-19(20)23-3/h5,7-12H,1,4,6H2,2-3H3. The van der Waals surface area contributed by atoms with Crippen LogP contribution in [0.25, 0.3) is 11.3 Å². The van der Waals surface area contributed by atoms with E-state index in [-0.39, 0.29) is 0 Å². The van der Waals surface area contributed by atoms with Gasteiger partial charge in [-0.3, -0.25) is 0 Å². The summed E-state index contributed by atoms with van der Waals surface area (Å²) in [4.78, 5) is 0. The molecule has 0 N–H and O–H groups in total. The van der Waals surface area contributed by atoms with E-state index in [0.29, 0.717) is 10.8 Å². The van der Waals surface area contributed by atoms with Crippen LogP contribution in [0, 0.1) is 0 Å². The predicted molar refractivity (Wildman–Crippen MR) is 95.9 cm³/mol. The maximum Gasteiger partial charge on any atom is 0.128 e.